The van der Waals surface area contributed by atoms with Crippen LogP contribution in [0.4, 0.5) is 11.8 Å². The van der Waals surface area contributed by atoms with E-state index in [0.29, 0.717) is 10.3 Å². The normalized spacial score (nSPS) is 9.53. The van der Waals surface area contributed by atoms with Crippen molar-refractivity contribution in [3.63, 3.8) is 0 Å². The van der Waals surface area contributed by atoms with Gasteiger partial charge in [-0.25, -0.2) is 10.8 Å². The van der Waals surface area contributed by atoms with Crippen molar-refractivity contribution >= 4 is 33.7 Å². The molecule has 0 amide bonds. The summed E-state index contributed by atoms with van der Waals surface area (Å²) in [6.07, 6.45) is 1.52. The average Bonchev–Trinajstić information content (AvgIpc) is 2.27. The van der Waals surface area contributed by atoms with E-state index in [0.717, 1.165) is 0 Å². The van der Waals surface area contributed by atoms with E-state index in [1.807, 2.05) is 0 Å². The predicted octanol–water partition coefficient (Wildman–Crippen LogP) is 0.110. The van der Waals surface area contributed by atoms with Crippen molar-refractivity contribution in [1.82, 2.24) is 9.97 Å². The summed E-state index contributed by atoms with van der Waals surface area (Å²) in [7, 11) is 1.31. The van der Waals surface area contributed by atoms with Gasteiger partial charge in [-0.1, -0.05) is 0 Å². The molecule has 1 aromatic heterocycles. The fourth-order valence-corrected chi connectivity index (χ4v) is 1.12. The Morgan fingerprint density at radius 3 is 3.07 bits per heavy atom. The standard InChI is InChI=1S/C7H10BrN5O2/c1-15-5(14)3-10-6-4(8)2-11-7(12-6)13-9/h2H,3,9H2,1H3,(H2,10,11,12,13). The number of carbonyl (C=O) groups is 1. The lowest BCUT2D eigenvalue weighted by atomic mass is 10.5. The summed E-state index contributed by atoms with van der Waals surface area (Å²) in [6, 6.07) is 0. The molecule has 0 unspecified atom stereocenters. The van der Waals surface area contributed by atoms with Gasteiger partial charge >= 0.3 is 5.97 Å². The van der Waals surface area contributed by atoms with Gasteiger partial charge in [-0.05, 0) is 15.9 Å². The third-order valence-electron chi connectivity index (χ3n) is 1.50. The second-order valence-corrected chi connectivity index (χ2v) is 3.32. The van der Waals surface area contributed by atoms with Gasteiger partial charge in [-0.3, -0.25) is 10.2 Å². The van der Waals surface area contributed by atoms with E-state index in [1.165, 1.54) is 13.3 Å². The number of hydrazine groups is 1. The topological polar surface area (TPSA) is 102 Å². The number of nitrogens with one attached hydrogen (secondary N) is 2. The van der Waals surface area contributed by atoms with Crippen LogP contribution in [0.15, 0.2) is 10.7 Å². The number of nitrogens with two attached hydrogens (primary N) is 1. The van der Waals surface area contributed by atoms with Crippen LogP contribution in [0.3, 0.4) is 0 Å². The van der Waals surface area contributed by atoms with Crippen molar-refractivity contribution in [1.29, 1.82) is 0 Å². The summed E-state index contributed by atoms with van der Waals surface area (Å²) in [5.74, 6) is 5.47. The highest BCUT2D eigenvalue weighted by Gasteiger charge is 2.06. The van der Waals surface area contributed by atoms with Crippen molar-refractivity contribution in [3.8, 4) is 0 Å². The lowest BCUT2D eigenvalue weighted by molar-refractivity contribution is -0.138. The van der Waals surface area contributed by atoms with Crippen LogP contribution in [0.25, 0.3) is 0 Å². The Bertz CT molecular complexity index is 359. The number of hydrogen-bond acceptors (Lipinski definition) is 7. The Balaban J connectivity index is 2.70. The number of esters is 1. The van der Waals surface area contributed by atoms with E-state index in [2.05, 4.69) is 41.4 Å². The molecule has 0 spiro atoms. The SMILES string of the molecule is COC(=O)CNc1nc(NN)ncc1Br. The number of hydrogen-bond donors (Lipinski definition) is 3. The van der Waals surface area contributed by atoms with Gasteiger partial charge in [0.05, 0.1) is 11.6 Å². The lowest BCUT2D eigenvalue weighted by Gasteiger charge is -2.07. The van der Waals surface area contributed by atoms with Crippen LogP contribution < -0.4 is 16.6 Å². The van der Waals surface area contributed by atoms with E-state index >= 15 is 0 Å². The quantitative estimate of drug-likeness (QED) is 0.407. The number of nitrogen functional groups attached to an aromatic ring is 1. The highest BCUT2D eigenvalue weighted by Crippen LogP contribution is 2.19. The zero-order valence-electron chi connectivity index (χ0n) is 7.95. The molecule has 0 saturated carbocycles. The third-order valence-corrected chi connectivity index (χ3v) is 2.08. The summed E-state index contributed by atoms with van der Waals surface area (Å²) in [5.41, 5.74) is 2.30. The minimum atomic E-state index is -0.386. The molecule has 0 atom stereocenters. The number of methoxy groups -OCH3 is 1. The number of aromatic nitrogens is 2. The van der Waals surface area contributed by atoms with Gasteiger partial charge in [0.25, 0.3) is 0 Å². The number of rotatable bonds is 4. The Kier molecular flexibility index (Phi) is 4.25. The molecule has 0 aliphatic carbocycles. The summed E-state index contributed by atoms with van der Waals surface area (Å²) in [6.45, 7) is 0.0239. The maximum Gasteiger partial charge on any atom is 0.325 e. The van der Waals surface area contributed by atoms with Crippen LogP contribution >= 0.6 is 15.9 Å². The molecule has 0 aromatic carbocycles. The molecule has 0 radical (unpaired) electrons. The van der Waals surface area contributed by atoms with E-state index in [-0.39, 0.29) is 18.5 Å². The average molecular weight is 276 g/mol. The van der Waals surface area contributed by atoms with E-state index in [9.17, 15) is 4.79 Å². The largest absolute Gasteiger partial charge is 0.468 e. The molecule has 0 aliphatic heterocycles. The van der Waals surface area contributed by atoms with Crippen molar-refractivity contribution < 1.29 is 9.53 Å². The summed E-state index contributed by atoms with van der Waals surface area (Å²) in [4.78, 5) is 18.7. The first-order valence-corrected chi connectivity index (χ1v) is 4.76. The van der Waals surface area contributed by atoms with Crippen molar-refractivity contribution in [2.24, 2.45) is 5.84 Å². The highest BCUT2D eigenvalue weighted by molar-refractivity contribution is 9.10. The first-order chi connectivity index (χ1) is 7.17. The molecule has 82 valence electrons. The first-order valence-electron chi connectivity index (χ1n) is 3.97. The molecular weight excluding hydrogens is 266 g/mol. The molecule has 1 rings (SSSR count). The Morgan fingerprint density at radius 1 is 1.73 bits per heavy atom. The van der Waals surface area contributed by atoms with E-state index in [1.54, 1.807) is 0 Å². The molecule has 0 bridgehead atoms. The van der Waals surface area contributed by atoms with Gasteiger partial charge in [0.2, 0.25) is 5.95 Å². The molecule has 15 heavy (non-hydrogen) atoms. The third kappa shape index (κ3) is 3.33. The van der Waals surface area contributed by atoms with E-state index in [4.69, 9.17) is 5.84 Å². The molecule has 0 saturated heterocycles. The zero-order valence-corrected chi connectivity index (χ0v) is 9.54. The minimum absolute atomic E-state index is 0.0239. The van der Waals surface area contributed by atoms with Gasteiger partial charge in [0.15, 0.2) is 0 Å². The Labute approximate surface area is 94.5 Å². The molecule has 8 heteroatoms. The fourth-order valence-electron chi connectivity index (χ4n) is 0.789. The molecule has 4 N–H and O–H groups in total. The van der Waals surface area contributed by atoms with Crippen LogP contribution in [0.5, 0.6) is 0 Å². The zero-order chi connectivity index (χ0) is 11.3. The van der Waals surface area contributed by atoms with Crippen molar-refractivity contribution in [2.75, 3.05) is 24.4 Å². The number of nitrogens with zero attached hydrogens (tertiary/aromatic N) is 2. The number of ether oxygens (including phenoxy) is 1. The number of halogens is 1. The van der Waals surface area contributed by atoms with Gasteiger partial charge in [-0.15, -0.1) is 0 Å². The summed E-state index contributed by atoms with van der Waals surface area (Å²) >= 11 is 3.22. The first kappa shape index (κ1) is 11.7. The lowest BCUT2D eigenvalue weighted by Crippen LogP contribution is -2.17. The Hall–Kier alpha value is -1.41. The van der Waals surface area contributed by atoms with Crippen LogP contribution in [0.2, 0.25) is 0 Å². The Morgan fingerprint density at radius 2 is 2.47 bits per heavy atom. The molecule has 1 aromatic rings. The second kappa shape index (κ2) is 5.47. The van der Waals surface area contributed by atoms with Gasteiger partial charge in [0, 0.05) is 6.20 Å². The monoisotopic (exact) mass is 275 g/mol. The minimum Gasteiger partial charge on any atom is -0.468 e. The predicted molar refractivity (Wildman–Crippen MR) is 58.0 cm³/mol. The van der Waals surface area contributed by atoms with Crippen LogP contribution in [-0.2, 0) is 9.53 Å². The summed E-state index contributed by atoms with van der Waals surface area (Å²) < 4.78 is 5.10. The smallest absolute Gasteiger partial charge is 0.325 e. The maximum atomic E-state index is 10.9. The van der Waals surface area contributed by atoms with Gasteiger partial charge in [0.1, 0.15) is 12.4 Å². The van der Waals surface area contributed by atoms with Gasteiger partial charge < -0.3 is 10.1 Å². The molecule has 7 nitrogen and oxygen atoms in total. The molecule has 0 aliphatic rings. The number of anilines is 2. The van der Waals surface area contributed by atoms with Gasteiger partial charge in [-0.2, -0.15) is 4.98 Å². The van der Waals surface area contributed by atoms with Crippen LogP contribution in [0.1, 0.15) is 0 Å². The maximum absolute atomic E-state index is 10.9. The van der Waals surface area contributed by atoms with Crippen molar-refractivity contribution in [3.05, 3.63) is 10.7 Å². The van der Waals surface area contributed by atoms with Crippen LogP contribution in [0, 0.1) is 0 Å². The molecule has 1 heterocycles. The fraction of sp³-hybridized carbons (Fsp3) is 0.286. The van der Waals surface area contributed by atoms with E-state index < -0.39 is 0 Å². The highest BCUT2D eigenvalue weighted by atomic mass is 79.9. The second-order valence-electron chi connectivity index (χ2n) is 2.46. The number of carbonyl (C=O) groups excluding carboxylic acids is 1. The molecular formula is C7H10BrN5O2. The summed E-state index contributed by atoms with van der Waals surface area (Å²) in [5, 5.41) is 2.77. The van der Waals surface area contributed by atoms with Crippen LogP contribution in [-0.4, -0.2) is 29.6 Å². The van der Waals surface area contributed by atoms with Crippen molar-refractivity contribution in [2.45, 2.75) is 0 Å². The molecule has 0 fully saturated rings.